The van der Waals surface area contributed by atoms with Gasteiger partial charge in [0.15, 0.2) is 0 Å². The molecule has 120 valence electrons. The molecule has 0 amide bonds. The second-order valence-corrected chi connectivity index (χ2v) is 6.69. The molecular weight excluding hydrogens is 284 g/mol. The molecule has 23 heavy (non-hydrogen) atoms. The molecule has 4 rings (SSSR count). The van der Waals surface area contributed by atoms with E-state index in [0.29, 0.717) is 17.9 Å². The number of ether oxygens (including phenoxy) is 1. The zero-order valence-corrected chi connectivity index (χ0v) is 13.7. The van der Waals surface area contributed by atoms with E-state index in [1.807, 2.05) is 6.26 Å². The Balaban J connectivity index is 1.71. The SMILES string of the molecule is C=CC1CN2CCc3c([nH]c4ccccc34)C2CC1C=COC. The highest BCUT2D eigenvalue weighted by Crippen LogP contribution is 2.43. The minimum Gasteiger partial charge on any atom is -0.505 e. The van der Waals surface area contributed by atoms with Gasteiger partial charge >= 0.3 is 0 Å². The Morgan fingerprint density at radius 3 is 3.00 bits per heavy atom. The van der Waals surface area contributed by atoms with Crippen LogP contribution in [0.25, 0.3) is 10.9 Å². The van der Waals surface area contributed by atoms with Crippen LogP contribution >= 0.6 is 0 Å². The van der Waals surface area contributed by atoms with Crippen molar-refractivity contribution in [2.45, 2.75) is 18.9 Å². The van der Waals surface area contributed by atoms with Crippen molar-refractivity contribution < 1.29 is 4.74 Å². The number of aromatic amines is 1. The monoisotopic (exact) mass is 308 g/mol. The summed E-state index contributed by atoms with van der Waals surface area (Å²) >= 11 is 0. The molecule has 3 atom stereocenters. The van der Waals surface area contributed by atoms with Gasteiger partial charge < -0.3 is 9.72 Å². The van der Waals surface area contributed by atoms with Crippen molar-refractivity contribution in [3.63, 3.8) is 0 Å². The van der Waals surface area contributed by atoms with Gasteiger partial charge in [0.25, 0.3) is 0 Å². The highest BCUT2D eigenvalue weighted by molar-refractivity contribution is 5.85. The van der Waals surface area contributed by atoms with Crippen molar-refractivity contribution in [1.29, 1.82) is 0 Å². The minimum atomic E-state index is 0.480. The van der Waals surface area contributed by atoms with Crippen molar-refractivity contribution in [3.8, 4) is 0 Å². The summed E-state index contributed by atoms with van der Waals surface area (Å²) < 4.78 is 5.15. The first-order valence-corrected chi connectivity index (χ1v) is 8.47. The van der Waals surface area contributed by atoms with Gasteiger partial charge in [0.05, 0.1) is 19.4 Å². The smallest absolute Gasteiger partial charge is 0.0787 e. The summed E-state index contributed by atoms with van der Waals surface area (Å²) in [5.41, 5.74) is 4.22. The molecule has 3 heteroatoms. The first kappa shape index (κ1) is 14.6. The average Bonchev–Trinajstić information content (AvgIpc) is 2.98. The molecule has 1 aromatic heterocycles. The van der Waals surface area contributed by atoms with Gasteiger partial charge in [-0.05, 0) is 42.4 Å². The largest absolute Gasteiger partial charge is 0.505 e. The van der Waals surface area contributed by atoms with E-state index in [1.54, 1.807) is 7.11 Å². The standard InChI is InChI=1S/C20H24N2O/c1-3-14-13-22-10-8-17-16-6-4-5-7-18(16)21-20(17)19(22)12-15(14)9-11-23-2/h3-7,9,11,14-15,19,21H,1,8,10,12-13H2,2H3. The van der Waals surface area contributed by atoms with Gasteiger partial charge in [-0.25, -0.2) is 0 Å². The molecule has 0 radical (unpaired) electrons. The Morgan fingerprint density at radius 1 is 1.30 bits per heavy atom. The Hall–Kier alpha value is -2.00. The minimum absolute atomic E-state index is 0.480. The predicted molar refractivity (Wildman–Crippen MR) is 94.3 cm³/mol. The number of H-pyrrole nitrogens is 1. The number of nitrogens with zero attached hydrogens (tertiary/aromatic N) is 1. The van der Waals surface area contributed by atoms with Gasteiger partial charge in [-0.2, -0.15) is 0 Å². The molecule has 0 spiro atoms. The summed E-state index contributed by atoms with van der Waals surface area (Å²) in [7, 11) is 1.71. The first-order valence-electron chi connectivity index (χ1n) is 8.47. The lowest BCUT2D eigenvalue weighted by Gasteiger charge is -2.44. The number of rotatable bonds is 3. The maximum atomic E-state index is 5.15. The van der Waals surface area contributed by atoms with Crippen molar-refractivity contribution in [1.82, 2.24) is 9.88 Å². The van der Waals surface area contributed by atoms with Crippen LogP contribution in [-0.2, 0) is 11.2 Å². The molecule has 0 bridgehead atoms. The van der Waals surface area contributed by atoms with Gasteiger partial charge in [0, 0.05) is 29.7 Å². The van der Waals surface area contributed by atoms with Crippen LogP contribution in [0.5, 0.6) is 0 Å². The van der Waals surface area contributed by atoms with E-state index in [-0.39, 0.29) is 0 Å². The van der Waals surface area contributed by atoms with Gasteiger partial charge in [-0.1, -0.05) is 24.3 Å². The number of hydrogen-bond acceptors (Lipinski definition) is 2. The maximum Gasteiger partial charge on any atom is 0.0787 e. The molecule has 3 nitrogen and oxygen atoms in total. The summed E-state index contributed by atoms with van der Waals surface area (Å²) in [6.07, 6.45) is 8.41. The molecule has 1 aromatic carbocycles. The van der Waals surface area contributed by atoms with E-state index in [1.165, 1.54) is 22.2 Å². The molecule has 2 aliphatic heterocycles. The number of allylic oxidation sites excluding steroid dienone is 1. The summed E-state index contributed by atoms with van der Waals surface area (Å²) in [6.45, 7) is 6.28. The van der Waals surface area contributed by atoms with Crippen molar-refractivity contribution >= 4 is 10.9 Å². The normalized spacial score (nSPS) is 27.8. The van der Waals surface area contributed by atoms with E-state index in [9.17, 15) is 0 Å². The van der Waals surface area contributed by atoms with Crippen LogP contribution in [-0.4, -0.2) is 30.1 Å². The van der Waals surface area contributed by atoms with Crippen molar-refractivity contribution in [2.75, 3.05) is 20.2 Å². The number of para-hydroxylation sites is 1. The van der Waals surface area contributed by atoms with Crippen molar-refractivity contribution in [3.05, 3.63) is 60.5 Å². The number of hydrogen-bond donors (Lipinski definition) is 1. The molecular formula is C20H24N2O. The fourth-order valence-electron chi connectivity index (χ4n) is 4.34. The molecule has 3 unspecified atom stereocenters. The van der Waals surface area contributed by atoms with Crippen LogP contribution in [0, 0.1) is 11.8 Å². The predicted octanol–water partition coefficient (Wildman–Crippen LogP) is 4.05. The lowest BCUT2D eigenvalue weighted by atomic mass is 9.78. The van der Waals surface area contributed by atoms with Gasteiger partial charge in [-0.15, -0.1) is 6.58 Å². The quantitative estimate of drug-likeness (QED) is 0.684. The third-order valence-corrected chi connectivity index (χ3v) is 5.52. The van der Waals surface area contributed by atoms with Crippen LogP contribution in [0.3, 0.4) is 0 Å². The van der Waals surface area contributed by atoms with E-state index >= 15 is 0 Å². The molecule has 1 N–H and O–H groups in total. The number of fused-ring (bicyclic) bond motifs is 5. The Bertz CT molecular complexity index is 745. The lowest BCUT2D eigenvalue weighted by molar-refractivity contribution is 0.0864. The summed E-state index contributed by atoms with van der Waals surface area (Å²) in [5.74, 6) is 0.995. The molecule has 1 fully saturated rings. The fraction of sp³-hybridized carbons (Fsp3) is 0.400. The number of piperidine rings is 1. The van der Waals surface area contributed by atoms with Crippen LogP contribution in [0.1, 0.15) is 23.7 Å². The number of benzene rings is 1. The Labute approximate surface area is 137 Å². The fourth-order valence-corrected chi connectivity index (χ4v) is 4.34. The zero-order chi connectivity index (χ0) is 15.8. The average molecular weight is 308 g/mol. The second kappa shape index (κ2) is 5.89. The number of aromatic nitrogens is 1. The van der Waals surface area contributed by atoms with Crippen LogP contribution in [0.2, 0.25) is 0 Å². The van der Waals surface area contributed by atoms with E-state index < -0.39 is 0 Å². The highest BCUT2D eigenvalue weighted by Gasteiger charge is 2.38. The highest BCUT2D eigenvalue weighted by atomic mass is 16.5. The molecule has 0 saturated carbocycles. The molecule has 0 aliphatic carbocycles. The lowest BCUT2D eigenvalue weighted by Crippen LogP contribution is -2.45. The summed E-state index contributed by atoms with van der Waals surface area (Å²) in [4.78, 5) is 6.33. The maximum absolute atomic E-state index is 5.15. The topological polar surface area (TPSA) is 28.3 Å². The summed E-state index contributed by atoms with van der Waals surface area (Å²) in [6, 6.07) is 9.17. The number of nitrogens with one attached hydrogen (secondary N) is 1. The van der Waals surface area contributed by atoms with Crippen LogP contribution in [0.15, 0.2) is 49.3 Å². The summed E-state index contributed by atoms with van der Waals surface area (Å²) in [5, 5.41) is 1.40. The van der Waals surface area contributed by atoms with Gasteiger partial charge in [0.2, 0.25) is 0 Å². The van der Waals surface area contributed by atoms with Crippen LogP contribution in [0.4, 0.5) is 0 Å². The first-order chi connectivity index (χ1) is 11.3. The van der Waals surface area contributed by atoms with E-state index in [2.05, 4.69) is 52.9 Å². The van der Waals surface area contributed by atoms with Gasteiger partial charge in [-0.3, -0.25) is 4.90 Å². The van der Waals surface area contributed by atoms with Crippen LogP contribution < -0.4 is 0 Å². The molecule has 2 aromatic rings. The van der Waals surface area contributed by atoms with E-state index in [0.717, 1.165) is 25.9 Å². The second-order valence-electron chi connectivity index (χ2n) is 6.69. The van der Waals surface area contributed by atoms with E-state index in [4.69, 9.17) is 4.74 Å². The van der Waals surface area contributed by atoms with Gasteiger partial charge in [0.1, 0.15) is 0 Å². The Morgan fingerprint density at radius 2 is 2.17 bits per heavy atom. The third-order valence-electron chi connectivity index (χ3n) is 5.52. The zero-order valence-electron chi connectivity index (χ0n) is 13.7. The molecule has 2 aliphatic rings. The third kappa shape index (κ3) is 2.40. The van der Waals surface area contributed by atoms with Crippen molar-refractivity contribution in [2.24, 2.45) is 11.8 Å². The Kier molecular flexibility index (Phi) is 3.74. The molecule has 1 saturated heterocycles. The number of methoxy groups -OCH3 is 1. The molecule has 3 heterocycles.